The molecule has 0 saturated heterocycles. The number of hydrogen-bond acceptors (Lipinski definition) is 2. The zero-order valence-electron chi connectivity index (χ0n) is 12.3. The highest BCUT2D eigenvalue weighted by molar-refractivity contribution is 6.00. The van der Waals surface area contributed by atoms with Crippen molar-refractivity contribution < 1.29 is 0 Å². The van der Waals surface area contributed by atoms with E-state index < -0.39 is 0 Å². The molecule has 0 aliphatic rings. The molecule has 104 valence electrons. The molecule has 0 atom stereocenters. The van der Waals surface area contributed by atoms with Gasteiger partial charge in [-0.05, 0) is 37.1 Å². The van der Waals surface area contributed by atoms with Crippen LogP contribution in [-0.4, -0.2) is 12.9 Å². The Bertz CT molecular complexity index is 632. The molecule has 0 spiro atoms. The number of rotatable bonds is 4. The lowest BCUT2D eigenvalue weighted by Crippen LogP contribution is -2.22. The van der Waals surface area contributed by atoms with E-state index in [4.69, 9.17) is 11.1 Å². The third kappa shape index (κ3) is 3.18. The van der Waals surface area contributed by atoms with E-state index >= 15 is 0 Å². The Morgan fingerprint density at radius 1 is 1.10 bits per heavy atom. The number of nitrogens with one attached hydrogen (secondary N) is 1. The zero-order valence-corrected chi connectivity index (χ0v) is 12.3. The molecule has 2 aromatic rings. The normalized spacial score (nSPS) is 10.3. The monoisotopic (exact) mass is 267 g/mol. The van der Waals surface area contributed by atoms with Gasteiger partial charge in [-0.1, -0.05) is 35.9 Å². The maximum Gasteiger partial charge on any atom is 0.124 e. The second-order valence-electron chi connectivity index (χ2n) is 5.28. The van der Waals surface area contributed by atoms with Crippen LogP contribution in [0.2, 0.25) is 0 Å². The molecule has 0 saturated carbocycles. The summed E-state index contributed by atoms with van der Waals surface area (Å²) in [6.45, 7) is 4.94. The van der Waals surface area contributed by atoms with Gasteiger partial charge in [0.25, 0.3) is 0 Å². The summed E-state index contributed by atoms with van der Waals surface area (Å²) in [6, 6.07) is 14.4. The molecule has 0 aliphatic carbocycles. The van der Waals surface area contributed by atoms with Crippen LogP contribution in [0.1, 0.15) is 22.3 Å². The Morgan fingerprint density at radius 3 is 2.45 bits per heavy atom. The Kier molecular flexibility index (Phi) is 4.08. The van der Waals surface area contributed by atoms with Crippen molar-refractivity contribution in [2.75, 3.05) is 11.9 Å². The molecule has 20 heavy (non-hydrogen) atoms. The number of nitrogens with two attached hydrogens (primary N) is 1. The van der Waals surface area contributed by atoms with Crippen LogP contribution < -0.4 is 10.6 Å². The van der Waals surface area contributed by atoms with Gasteiger partial charge in [0.1, 0.15) is 5.84 Å². The van der Waals surface area contributed by atoms with E-state index in [1.807, 2.05) is 26.1 Å². The number of nitrogen functional groups attached to an aromatic ring is 1. The standard InChI is InChI=1S/C17H21N3/c1-12-5-4-6-14(9-12)11-20(3)16-10-13(2)7-8-15(16)17(18)19/h4-10H,11H2,1-3H3,(H3,18,19). The number of anilines is 1. The molecule has 0 fully saturated rings. The summed E-state index contributed by atoms with van der Waals surface area (Å²) in [5.74, 6) is 0.107. The minimum absolute atomic E-state index is 0.107. The van der Waals surface area contributed by atoms with E-state index in [-0.39, 0.29) is 5.84 Å². The fourth-order valence-corrected chi connectivity index (χ4v) is 2.35. The second kappa shape index (κ2) is 5.78. The van der Waals surface area contributed by atoms with Gasteiger partial charge in [0.05, 0.1) is 0 Å². The molecule has 3 N–H and O–H groups in total. The van der Waals surface area contributed by atoms with Crippen LogP contribution >= 0.6 is 0 Å². The minimum atomic E-state index is 0.107. The van der Waals surface area contributed by atoms with Crippen LogP contribution in [0, 0.1) is 19.3 Å². The van der Waals surface area contributed by atoms with Crippen LogP contribution in [0.25, 0.3) is 0 Å². The van der Waals surface area contributed by atoms with Crippen LogP contribution in [0.15, 0.2) is 42.5 Å². The first kappa shape index (κ1) is 14.1. The smallest absolute Gasteiger partial charge is 0.124 e. The highest BCUT2D eigenvalue weighted by atomic mass is 15.1. The number of nitrogens with zero attached hydrogens (tertiary/aromatic N) is 1. The Labute approximate surface area is 120 Å². The predicted molar refractivity (Wildman–Crippen MR) is 85.5 cm³/mol. The average molecular weight is 267 g/mol. The van der Waals surface area contributed by atoms with Crippen molar-refractivity contribution >= 4 is 11.5 Å². The largest absolute Gasteiger partial charge is 0.384 e. The van der Waals surface area contributed by atoms with Crippen molar-refractivity contribution in [2.45, 2.75) is 20.4 Å². The molecule has 0 aromatic heterocycles. The van der Waals surface area contributed by atoms with E-state index in [1.165, 1.54) is 16.7 Å². The highest BCUT2D eigenvalue weighted by Crippen LogP contribution is 2.22. The first-order chi connectivity index (χ1) is 9.47. The van der Waals surface area contributed by atoms with E-state index in [9.17, 15) is 0 Å². The third-order valence-electron chi connectivity index (χ3n) is 3.36. The van der Waals surface area contributed by atoms with Crippen molar-refractivity contribution in [1.29, 1.82) is 5.41 Å². The topological polar surface area (TPSA) is 53.1 Å². The summed E-state index contributed by atoms with van der Waals surface area (Å²) in [5.41, 5.74) is 11.1. The summed E-state index contributed by atoms with van der Waals surface area (Å²) in [5, 5.41) is 7.70. The van der Waals surface area contributed by atoms with Gasteiger partial charge in [0.15, 0.2) is 0 Å². The maximum atomic E-state index is 7.70. The number of benzene rings is 2. The summed E-state index contributed by atoms with van der Waals surface area (Å²) < 4.78 is 0. The molecule has 0 bridgehead atoms. The molecule has 0 amide bonds. The Balaban J connectivity index is 2.31. The molecule has 0 heterocycles. The van der Waals surface area contributed by atoms with Crippen molar-refractivity contribution in [3.05, 3.63) is 64.7 Å². The van der Waals surface area contributed by atoms with Gasteiger partial charge in [-0.3, -0.25) is 5.41 Å². The van der Waals surface area contributed by atoms with Gasteiger partial charge >= 0.3 is 0 Å². The summed E-state index contributed by atoms with van der Waals surface area (Å²) >= 11 is 0. The van der Waals surface area contributed by atoms with Gasteiger partial charge in [-0.2, -0.15) is 0 Å². The summed E-state index contributed by atoms with van der Waals surface area (Å²) in [4.78, 5) is 2.14. The fraction of sp³-hybridized carbons (Fsp3) is 0.235. The van der Waals surface area contributed by atoms with E-state index in [0.717, 1.165) is 17.8 Å². The van der Waals surface area contributed by atoms with E-state index in [0.29, 0.717) is 0 Å². The maximum absolute atomic E-state index is 7.70. The van der Waals surface area contributed by atoms with E-state index in [2.05, 4.69) is 42.2 Å². The lowest BCUT2D eigenvalue weighted by Gasteiger charge is -2.23. The van der Waals surface area contributed by atoms with Crippen LogP contribution in [-0.2, 0) is 6.54 Å². The molecule has 2 aromatic carbocycles. The molecular formula is C17H21N3. The van der Waals surface area contributed by atoms with Crippen molar-refractivity contribution in [1.82, 2.24) is 0 Å². The van der Waals surface area contributed by atoms with Gasteiger partial charge in [-0.25, -0.2) is 0 Å². The number of hydrogen-bond donors (Lipinski definition) is 2. The lowest BCUT2D eigenvalue weighted by atomic mass is 10.1. The predicted octanol–water partition coefficient (Wildman–Crippen LogP) is 3.22. The Morgan fingerprint density at radius 2 is 1.80 bits per heavy atom. The van der Waals surface area contributed by atoms with E-state index in [1.54, 1.807) is 0 Å². The fourth-order valence-electron chi connectivity index (χ4n) is 2.35. The first-order valence-corrected chi connectivity index (χ1v) is 6.69. The molecule has 0 unspecified atom stereocenters. The lowest BCUT2D eigenvalue weighted by molar-refractivity contribution is 0.918. The quantitative estimate of drug-likeness (QED) is 0.660. The van der Waals surface area contributed by atoms with Gasteiger partial charge in [0.2, 0.25) is 0 Å². The molecule has 3 nitrogen and oxygen atoms in total. The number of amidine groups is 1. The van der Waals surface area contributed by atoms with Crippen molar-refractivity contribution in [2.24, 2.45) is 5.73 Å². The summed E-state index contributed by atoms with van der Waals surface area (Å²) in [7, 11) is 2.03. The second-order valence-corrected chi connectivity index (χ2v) is 5.28. The van der Waals surface area contributed by atoms with Crippen molar-refractivity contribution in [3.8, 4) is 0 Å². The first-order valence-electron chi connectivity index (χ1n) is 6.69. The van der Waals surface area contributed by atoms with Crippen LogP contribution in [0.4, 0.5) is 5.69 Å². The zero-order chi connectivity index (χ0) is 14.7. The molecule has 2 rings (SSSR count). The van der Waals surface area contributed by atoms with Crippen molar-refractivity contribution in [3.63, 3.8) is 0 Å². The minimum Gasteiger partial charge on any atom is -0.384 e. The SMILES string of the molecule is Cc1cccc(CN(C)c2cc(C)ccc2C(=N)N)c1. The Hall–Kier alpha value is -2.29. The molecule has 3 heteroatoms. The van der Waals surface area contributed by atoms with Crippen LogP contribution in [0.3, 0.4) is 0 Å². The molecule has 0 aliphatic heterocycles. The molecular weight excluding hydrogens is 246 g/mol. The third-order valence-corrected chi connectivity index (χ3v) is 3.36. The highest BCUT2D eigenvalue weighted by Gasteiger charge is 2.10. The summed E-state index contributed by atoms with van der Waals surface area (Å²) in [6.07, 6.45) is 0. The number of aryl methyl sites for hydroxylation is 2. The average Bonchev–Trinajstić information content (AvgIpc) is 2.38. The van der Waals surface area contributed by atoms with Gasteiger partial charge < -0.3 is 10.6 Å². The van der Waals surface area contributed by atoms with Gasteiger partial charge in [0, 0.05) is 24.8 Å². The molecule has 0 radical (unpaired) electrons. The van der Waals surface area contributed by atoms with Crippen LogP contribution in [0.5, 0.6) is 0 Å². The van der Waals surface area contributed by atoms with Gasteiger partial charge in [-0.15, -0.1) is 0 Å².